The quantitative estimate of drug-likeness (QED) is 0.0643. The average Bonchev–Trinajstić information content (AvgIpc) is 3.33. The molecule has 20 N–H and O–H groups in total. The van der Waals surface area contributed by atoms with E-state index in [-0.39, 0.29) is 0 Å². The van der Waals surface area contributed by atoms with Gasteiger partial charge < -0.3 is 154 Å². The Balaban J connectivity index is 1.26. The van der Waals surface area contributed by atoms with E-state index in [1.807, 2.05) is 0 Å². The van der Waals surface area contributed by atoms with Gasteiger partial charge in [0.25, 0.3) is 0 Å². The molecule has 0 radical (unpaired) electrons. The largest absolute Gasteiger partial charge is 0.394 e. The summed E-state index contributed by atoms with van der Waals surface area (Å²) in [5.41, 5.74) is 0. The van der Waals surface area contributed by atoms with Crippen molar-refractivity contribution in [2.75, 3.05) is 39.6 Å². The minimum atomic E-state index is -2.28. The lowest BCUT2D eigenvalue weighted by Gasteiger charge is -2.50. The van der Waals surface area contributed by atoms with Crippen molar-refractivity contribution in [3.8, 4) is 0 Å². The van der Waals surface area contributed by atoms with E-state index in [2.05, 4.69) is 5.32 Å². The van der Waals surface area contributed by atoms with Gasteiger partial charge in [-0.25, -0.2) is 0 Å². The molecule has 6 rings (SSSR count). The first-order chi connectivity index (χ1) is 33.1. The lowest BCUT2D eigenvalue weighted by molar-refractivity contribution is -0.396. The molecular formula is C38H65NO31. The molecule has 1 amide bonds. The van der Waals surface area contributed by atoms with Gasteiger partial charge in [0.2, 0.25) is 5.91 Å². The number of hydrogen-bond acceptors (Lipinski definition) is 31. The number of hydrogen-bond donors (Lipinski definition) is 20. The van der Waals surface area contributed by atoms with E-state index < -0.39 is 230 Å². The molecule has 6 aliphatic heterocycles. The summed E-state index contributed by atoms with van der Waals surface area (Å²) in [6.45, 7) is -4.40. The summed E-state index contributed by atoms with van der Waals surface area (Å²) >= 11 is 0. The number of carbonyl (C=O) groups excluding carboxylic acids is 1. The third kappa shape index (κ3) is 12.2. The van der Waals surface area contributed by atoms with Crippen molar-refractivity contribution in [1.82, 2.24) is 5.32 Å². The molecule has 0 aliphatic carbocycles. The van der Waals surface area contributed by atoms with Crippen LogP contribution in [0.1, 0.15) is 6.92 Å². The average molecular weight is 1030 g/mol. The van der Waals surface area contributed by atoms with E-state index in [4.69, 9.17) is 52.1 Å². The molecule has 0 saturated carbocycles. The minimum absolute atomic E-state index is 0.760. The maximum Gasteiger partial charge on any atom is 0.217 e. The Morgan fingerprint density at radius 2 is 0.743 bits per heavy atom. The molecule has 6 saturated heterocycles. The van der Waals surface area contributed by atoms with E-state index in [9.17, 15) is 102 Å². The van der Waals surface area contributed by atoms with Crippen LogP contribution in [0.2, 0.25) is 0 Å². The molecular weight excluding hydrogens is 966 g/mol. The SMILES string of the molecule is CC(=O)NC1C(O)OC(CO)C(OC2OC(COC3OC(COC4OC(CO)C(O)C(O)C4O)C(O)C(O)C3O)C(O)C(OC3OC(CO)C(O)C(O)C3OC3OC(CO)C(O)C(O)C3O)C2O)C1O. The summed E-state index contributed by atoms with van der Waals surface area (Å²) in [7, 11) is 0. The van der Waals surface area contributed by atoms with Gasteiger partial charge in [-0.2, -0.15) is 0 Å². The van der Waals surface area contributed by atoms with Crippen LogP contribution in [0.4, 0.5) is 0 Å². The van der Waals surface area contributed by atoms with Gasteiger partial charge in [0, 0.05) is 6.92 Å². The lowest BCUT2D eigenvalue weighted by Crippen LogP contribution is -2.69. The number of rotatable bonds is 17. The second-order valence-corrected chi connectivity index (χ2v) is 17.6. The van der Waals surface area contributed by atoms with Gasteiger partial charge in [0.15, 0.2) is 37.7 Å². The maximum absolute atomic E-state index is 12.0. The highest BCUT2D eigenvalue weighted by molar-refractivity contribution is 5.73. The van der Waals surface area contributed by atoms with Crippen LogP contribution in [-0.4, -0.2) is 327 Å². The molecule has 6 heterocycles. The number of ether oxygens (including phenoxy) is 11. The summed E-state index contributed by atoms with van der Waals surface area (Å²) in [6.07, 6.45) is -55.8. The van der Waals surface area contributed by atoms with E-state index in [1.54, 1.807) is 0 Å². The Hall–Kier alpha value is -1.73. The van der Waals surface area contributed by atoms with E-state index >= 15 is 0 Å². The number of carbonyl (C=O) groups is 1. The zero-order valence-electron chi connectivity index (χ0n) is 37.0. The van der Waals surface area contributed by atoms with Crippen LogP contribution in [-0.2, 0) is 56.9 Å². The van der Waals surface area contributed by atoms with Crippen LogP contribution in [0.15, 0.2) is 0 Å². The third-order valence-electron chi connectivity index (χ3n) is 12.8. The number of amides is 1. The predicted octanol–water partition coefficient (Wildman–Crippen LogP) is -14.0. The van der Waals surface area contributed by atoms with Crippen LogP contribution in [0.3, 0.4) is 0 Å². The Kier molecular flexibility index (Phi) is 20.3. The smallest absolute Gasteiger partial charge is 0.217 e. The standard InChI is InChI=1S/C38H65NO31/c1-8(44)39-15-21(50)30(12(5-43)62-33(15)59)68-37-29(58)31(69-38-32(25(54)18(47)11(4-42)65-38)70-36-28(57)23(52)17(46)10(3-41)64-36)20(49)14(67-37)7-61-35-27(56)24(53)19(48)13(66-35)6-60-34-26(55)22(51)16(45)9(2-40)63-34/h9-38,40-43,45-59H,2-7H2,1H3,(H,39,44). The molecule has 0 aromatic rings. The van der Waals surface area contributed by atoms with Crippen LogP contribution < -0.4 is 5.32 Å². The lowest BCUT2D eigenvalue weighted by atomic mass is 9.95. The highest BCUT2D eigenvalue weighted by Crippen LogP contribution is 2.36. The molecule has 70 heavy (non-hydrogen) atoms. The Bertz CT molecular complexity index is 1630. The Morgan fingerprint density at radius 1 is 0.371 bits per heavy atom. The third-order valence-corrected chi connectivity index (χ3v) is 12.8. The summed E-state index contributed by atoms with van der Waals surface area (Å²) in [5, 5.41) is 204. The fraction of sp³-hybridized carbons (Fsp3) is 0.974. The normalized spacial score (nSPS) is 51.5. The van der Waals surface area contributed by atoms with Crippen LogP contribution in [0, 0.1) is 0 Å². The van der Waals surface area contributed by atoms with Crippen molar-refractivity contribution in [2.24, 2.45) is 0 Å². The van der Waals surface area contributed by atoms with Crippen LogP contribution in [0.5, 0.6) is 0 Å². The van der Waals surface area contributed by atoms with Crippen molar-refractivity contribution >= 4 is 5.91 Å². The summed E-state index contributed by atoms with van der Waals surface area (Å²) in [5.74, 6) is -0.760. The second-order valence-electron chi connectivity index (χ2n) is 17.6. The van der Waals surface area contributed by atoms with Crippen molar-refractivity contribution in [3.05, 3.63) is 0 Å². The van der Waals surface area contributed by atoms with E-state index in [1.165, 1.54) is 0 Å². The molecule has 0 aromatic heterocycles. The fourth-order valence-corrected chi connectivity index (χ4v) is 8.69. The van der Waals surface area contributed by atoms with E-state index in [0.29, 0.717) is 0 Å². The zero-order chi connectivity index (χ0) is 51.6. The van der Waals surface area contributed by atoms with Crippen LogP contribution in [0.25, 0.3) is 0 Å². The van der Waals surface area contributed by atoms with Gasteiger partial charge >= 0.3 is 0 Å². The van der Waals surface area contributed by atoms with Crippen molar-refractivity contribution in [1.29, 1.82) is 0 Å². The van der Waals surface area contributed by atoms with Crippen molar-refractivity contribution in [3.63, 3.8) is 0 Å². The maximum atomic E-state index is 12.0. The first-order valence-corrected chi connectivity index (χ1v) is 22.1. The van der Waals surface area contributed by atoms with E-state index in [0.717, 1.165) is 6.92 Å². The molecule has 6 aliphatic rings. The highest BCUT2D eigenvalue weighted by Gasteiger charge is 2.57. The van der Waals surface area contributed by atoms with Gasteiger partial charge in [0.1, 0.15) is 146 Å². The monoisotopic (exact) mass is 1030 g/mol. The Labute approximate surface area is 395 Å². The van der Waals surface area contributed by atoms with Gasteiger partial charge in [-0.15, -0.1) is 0 Å². The molecule has 32 heteroatoms. The van der Waals surface area contributed by atoms with Crippen LogP contribution >= 0.6 is 0 Å². The number of nitrogens with one attached hydrogen (secondary N) is 1. The minimum Gasteiger partial charge on any atom is -0.394 e. The second kappa shape index (κ2) is 24.7. The number of aliphatic hydroxyl groups is 19. The zero-order valence-corrected chi connectivity index (χ0v) is 37.0. The van der Waals surface area contributed by atoms with Crippen molar-refractivity contribution < 1.29 is 154 Å². The molecule has 408 valence electrons. The highest BCUT2D eigenvalue weighted by atomic mass is 16.8. The molecule has 32 nitrogen and oxygen atoms in total. The molecule has 0 aromatic carbocycles. The topological polar surface area (TPSA) is 515 Å². The Morgan fingerprint density at radius 3 is 1.24 bits per heavy atom. The number of aliphatic hydroxyl groups excluding tert-OH is 19. The summed E-state index contributed by atoms with van der Waals surface area (Å²) in [6, 6.07) is -1.62. The van der Waals surface area contributed by atoms with Gasteiger partial charge in [0.05, 0.1) is 39.6 Å². The molecule has 30 atom stereocenters. The van der Waals surface area contributed by atoms with Gasteiger partial charge in [-0.1, -0.05) is 0 Å². The fourth-order valence-electron chi connectivity index (χ4n) is 8.69. The van der Waals surface area contributed by atoms with Gasteiger partial charge in [-0.3, -0.25) is 4.79 Å². The van der Waals surface area contributed by atoms with Crippen molar-refractivity contribution in [2.45, 2.75) is 191 Å². The molecule has 30 unspecified atom stereocenters. The molecule has 6 fully saturated rings. The summed E-state index contributed by atoms with van der Waals surface area (Å²) in [4.78, 5) is 12.0. The van der Waals surface area contributed by atoms with Gasteiger partial charge in [-0.05, 0) is 0 Å². The molecule has 0 spiro atoms. The summed E-state index contributed by atoms with van der Waals surface area (Å²) < 4.78 is 61.8. The first-order valence-electron chi connectivity index (χ1n) is 22.1. The molecule has 0 bridgehead atoms. The predicted molar refractivity (Wildman–Crippen MR) is 211 cm³/mol. The first kappa shape index (κ1) is 57.5.